The van der Waals surface area contributed by atoms with E-state index in [0.717, 1.165) is 41.3 Å². The molecule has 0 N–H and O–H groups in total. The Balaban J connectivity index is 0.000000172. The zero-order valence-corrected chi connectivity index (χ0v) is 30.2. The molecule has 0 amide bonds. The monoisotopic (exact) mass is 847 g/mol. The second kappa shape index (κ2) is 15.3. The minimum atomic E-state index is -0.690. The van der Waals surface area contributed by atoms with Crippen molar-refractivity contribution in [3.63, 3.8) is 0 Å². The summed E-state index contributed by atoms with van der Waals surface area (Å²) in [5, 5.41) is 29.4. The molecule has 0 unspecified atom stereocenters. The normalized spacial score (nSPS) is 10.7. The van der Waals surface area contributed by atoms with E-state index in [9.17, 15) is 19.8 Å². The number of fused-ring (bicyclic) bond motifs is 4. The predicted molar refractivity (Wildman–Crippen MR) is 196 cm³/mol. The van der Waals surface area contributed by atoms with Gasteiger partial charge in [0.25, 0.3) is 0 Å². The molecule has 8 nitrogen and oxygen atoms in total. The number of carbonyl (C=O) groups is 2. The van der Waals surface area contributed by atoms with Gasteiger partial charge in [-0.2, -0.15) is 0 Å². The zero-order chi connectivity index (χ0) is 34.8. The molecule has 0 spiro atoms. The van der Waals surface area contributed by atoms with Gasteiger partial charge in [0.15, 0.2) is 11.5 Å². The second-order valence-corrected chi connectivity index (χ2v) is 13.0. The molecule has 2 heterocycles. The van der Waals surface area contributed by atoms with Crippen molar-refractivity contribution in [3.8, 4) is 23.0 Å². The Labute approximate surface area is 318 Å². The Morgan fingerprint density at radius 2 is 0.902 bits per heavy atom. The summed E-state index contributed by atoms with van der Waals surface area (Å²) in [5.74, 6) is -1.45. The summed E-state index contributed by atoms with van der Waals surface area (Å²) in [4.78, 5) is 33.6. The third kappa shape index (κ3) is 7.72. The maximum atomic E-state index is 12.5. The molecule has 0 atom stereocenters. The quantitative estimate of drug-likeness (QED) is 0.0978. The Hall–Kier alpha value is -5.32. The molecule has 0 aliphatic carbocycles. The number of esters is 2. The topological polar surface area (TPSA) is 124 Å². The van der Waals surface area contributed by atoms with Crippen LogP contribution in [0.25, 0.3) is 43.4 Å². The van der Waals surface area contributed by atoms with E-state index in [2.05, 4.69) is 41.8 Å². The van der Waals surface area contributed by atoms with E-state index in [-0.39, 0.29) is 39.7 Å². The summed E-state index contributed by atoms with van der Waals surface area (Å²) in [6, 6.07) is 35.1. The first-order valence-corrected chi connectivity index (χ1v) is 16.7. The fraction of sp³-hybridized carbons (Fsp3) is 0. The van der Waals surface area contributed by atoms with Gasteiger partial charge in [-0.3, -0.25) is 9.97 Å². The van der Waals surface area contributed by atoms with Gasteiger partial charge >= 0.3 is 29.0 Å². The fourth-order valence-corrected chi connectivity index (χ4v) is 6.20. The molecule has 0 aliphatic heterocycles. The molecular weight excluding hydrogens is 828 g/mol. The van der Waals surface area contributed by atoms with Gasteiger partial charge in [0, 0.05) is 32.1 Å². The summed E-state index contributed by atoms with van der Waals surface area (Å²) in [7, 11) is 0. The molecule has 6 aromatic carbocycles. The summed E-state index contributed by atoms with van der Waals surface area (Å²) in [6.45, 7) is 0. The number of aromatic nitrogens is 2. The van der Waals surface area contributed by atoms with Gasteiger partial charge < -0.3 is 19.7 Å². The Kier molecular flexibility index (Phi) is 10.6. The summed E-state index contributed by atoms with van der Waals surface area (Å²) in [6.07, 6.45) is 3.26. The van der Waals surface area contributed by atoms with Gasteiger partial charge in [-0.15, -0.1) is 0 Å². The number of pyridine rings is 2. The van der Waals surface area contributed by atoms with E-state index in [1.165, 1.54) is 12.1 Å². The van der Waals surface area contributed by atoms with Crippen molar-refractivity contribution < 1.29 is 46.3 Å². The Bertz CT molecular complexity index is 2430. The summed E-state index contributed by atoms with van der Waals surface area (Å²) < 4.78 is 12.7. The van der Waals surface area contributed by atoms with Crippen LogP contribution >= 0.6 is 31.9 Å². The van der Waals surface area contributed by atoms with Gasteiger partial charge in [-0.25, -0.2) is 9.59 Å². The molecule has 1 radical (unpaired) electrons. The zero-order valence-electron chi connectivity index (χ0n) is 26.1. The van der Waals surface area contributed by atoms with E-state index in [4.69, 9.17) is 9.47 Å². The summed E-state index contributed by atoms with van der Waals surface area (Å²) in [5.41, 5.74) is 1.15. The van der Waals surface area contributed by atoms with Crippen LogP contribution in [0.4, 0.5) is 0 Å². The van der Waals surface area contributed by atoms with E-state index in [1.54, 1.807) is 48.8 Å². The molecule has 253 valence electrons. The van der Waals surface area contributed by atoms with E-state index in [0.29, 0.717) is 22.5 Å². The molecule has 0 saturated heterocycles. The van der Waals surface area contributed by atoms with Gasteiger partial charge in [0.05, 0.1) is 11.1 Å². The van der Waals surface area contributed by atoms with Crippen LogP contribution in [0.2, 0.25) is 0 Å². The molecule has 0 saturated carbocycles. The second-order valence-electron chi connectivity index (χ2n) is 11.1. The summed E-state index contributed by atoms with van der Waals surface area (Å²) >= 11 is 6.78. The van der Waals surface area contributed by atoms with Gasteiger partial charge in [0.2, 0.25) is 0 Å². The molecule has 0 aliphatic rings. The van der Waals surface area contributed by atoms with Gasteiger partial charge in [-0.1, -0.05) is 104 Å². The number of para-hydroxylation sites is 2. The van der Waals surface area contributed by atoms with Crippen LogP contribution in [-0.2, 0) is 17.1 Å². The van der Waals surface area contributed by atoms with Crippen LogP contribution in [0.1, 0.15) is 20.7 Å². The minimum Gasteiger partial charge on any atom is -0.872 e. The van der Waals surface area contributed by atoms with Crippen molar-refractivity contribution in [1.29, 1.82) is 0 Å². The van der Waals surface area contributed by atoms with Crippen LogP contribution in [0.3, 0.4) is 0 Å². The van der Waals surface area contributed by atoms with Crippen molar-refractivity contribution in [2.75, 3.05) is 0 Å². The smallest absolute Gasteiger partial charge is 0.872 e. The largest absolute Gasteiger partial charge is 2.00 e. The van der Waals surface area contributed by atoms with Crippen LogP contribution in [0.5, 0.6) is 23.0 Å². The van der Waals surface area contributed by atoms with Crippen molar-refractivity contribution in [2.45, 2.75) is 0 Å². The molecule has 51 heavy (non-hydrogen) atoms. The predicted octanol–water partition coefficient (Wildman–Crippen LogP) is 8.88. The fourth-order valence-electron chi connectivity index (χ4n) is 5.44. The number of carbonyl (C=O) groups excluding carboxylic acids is 2. The average molecular weight is 850 g/mol. The van der Waals surface area contributed by atoms with Crippen LogP contribution in [-0.4, -0.2) is 21.9 Å². The van der Waals surface area contributed by atoms with E-state index in [1.807, 2.05) is 72.8 Å². The number of nitrogens with zero attached hydrogens (tertiary/aromatic N) is 2. The standard InChI is InChI=1S/2C20H12BrNO3.Cu/c2*21-15-7-6-13-11-17(23)16(10-14(13)9-15)20(24)25-18-5-1-3-12-4-2-8-22-19(12)18;/h2*1-11,23H;/q;;+2/p-2. The molecule has 0 fully saturated rings. The number of ether oxygens (including phenoxy) is 2. The van der Waals surface area contributed by atoms with Crippen molar-refractivity contribution in [2.24, 2.45) is 0 Å². The number of benzene rings is 6. The molecular formula is C40H22Br2CuN2O6. The average Bonchev–Trinajstić information content (AvgIpc) is 3.12. The molecule has 0 bridgehead atoms. The SMILES string of the molecule is O=C(Oc1cccc2cccnc12)c1cc2cc(Br)ccc2cc1[O-].O=C(Oc1cccc2cccnc12)c1cc2cc(Br)ccc2cc1[O-].[Cu+2]. The van der Waals surface area contributed by atoms with E-state index < -0.39 is 11.9 Å². The minimum absolute atomic E-state index is 0. The first-order valence-electron chi connectivity index (χ1n) is 15.2. The van der Waals surface area contributed by atoms with Gasteiger partial charge in [-0.05, 0) is 82.2 Å². The first-order chi connectivity index (χ1) is 24.2. The maximum Gasteiger partial charge on any atom is 2.00 e. The number of halogens is 2. The molecule has 11 heteroatoms. The van der Waals surface area contributed by atoms with Crippen molar-refractivity contribution in [1.82, 2.24) is 9.97 Å². The van der Waals surface area contributed by atoms with Crippen molar-refractivity contribution >= 4 is 87.1 Å². The van der Waals surface area contributed by atoms with Crippen LogP contribution < -0.4 is 19.7 Å². The third-order valence-electron chi connectivity index (χ3n) is 7.84. The Morgan fingerprint density at radius 3 is 1.33 bits per heavy atom. The number of rotatable bonds is 4. The number of hydrogen-bond acceptors (Lipinski definition) is 8. The van der Waals surface area contributed by atoms with Crippen molar-refractivity contribution in [3.05, 3.63) is 154 Å². The van der Waals surface area contributed by atoms with E-state index >= 15 is 0 Å². The molecule has 2 aromatic heterocycles. The third-order valence-corrected chi connectivity index (χ3v) is 8.82. The maximum absolute atomic E-state index is 12.5. The number of hydrogen-bond donors (Lipinski definition) is 0. The molecule has 8 aromatic rings. The van der Waals surface area contributed by atoms with Gasteiger partial charge in [0.1, 0.15) is 11.0 Å². The van der Waals surface area contributed by atoms with Crippen LogP contribution in [0.15, 0.2) is 143 Å². The molecule has 8 rings (SSSR count). The Morgan fingerprint density at radius 1 is 0.490 bits per heavy atom. The van der Waals surface area contributed by atoms with Crippen LogP contribution in [0, 0.1) is 0 Å². The first kappa shape index (κ1) is 35.5.